The van der Waals surface area contributed by atoms with Crippen molar-refractivity contribution in [2.45, 2.75) is 31.2 Å². The SMILES string of the molecule is N[C@@H]1CCCN(C(=O)[C@@H]2C[C@H]2c2cccc(Cl)c2)C1. The number of piperidine rings is 1. The van der Waals surface area contributed by atoms with E-state index in [1.807, 2.05) is 23.1 Å². The second-order valence-corrected chi connectivity index (χ2v) is 6.13. The maximum absolute atomic E-state index is 12.4. The van der Waals surface area contributed by atoms with Crippen LogP contribution in [0.4, 0.5) is 0 Å². The van der Waals surface area contributed by atoms with Crippen LogP contribution in [0, 0.1) is 5.92 Å². The van der Waals surface area contributed by atoms with Crippen molar-refractivity contribution in [1.29, 1.82) is 0 Å². The molecule has 19 heavy (non-hydrogen) atoms. The zero-order chi connectivity index (χ0) is 13.4. The highest BCUT2D eigenvalue weighted by atomic mass is 35.5. The summed E-state index contributed by atoms with van der Waals surface area (Å²) in [4.78, 5) is 14.4. The molecule has 1 heterocycles. The first kappa shape index (κ1) is 12.9. The Bertz CT molecular complexity index is 491. The Balaban J connectivity index is 1.64. The molecule has 3 nitrogen and oxygen atoms in total. The topological polar surface area (TPSA) is 46.3 Å². The molecule has 0 unspecified atom stereocenters. The zero-order valence-corrected chi connectivity index (χ0v) is 11.6. The number of likely N-dealkylation sites (tertiary alicyclic amines) is 1. The Kier molecular flexibility index (Phi) is 3.50. The van der Waals surface area contributed by atoms with E-state index in [2.05, 4.69) is 6.07 Å². The summed E-state index contributed by atoms with van der Waals surface area (Å²) in [5.74, 6) is 0.772. The molecule has 1 aliphatic carbocycles. The molecule has 1 aromatic carbocycles. The zero-order valence-electron chi connectivity index (χ0n) is 10.9. The second-order valence-electron chi connectivity index (χ2n) is 5.69. The summed E-state index contributed by atoms with van der Waals surface area (Å²) in [6.07, 6.45) is 3.01. The van der Waals surface area contributed by atoms with Crippen molar-refractivity contribution in [1.82, 2.24) is 4.90 Å². The Morgan fingerprint density at radius 1 is 1.42 bits per heavy atom. The summed E-state index contributed by atoms with van der Waals surface area (Å²) in [5, 5.41) is 0.746. The highest BCUT2D eigenvalue weighted by molar-refractivity contribution is 6.30. The van der Waals surface area contributed by atoms with Gasteiger partial charge in [0.2, 0.25) is 5.91 Å². The van der Waals surface area contributed by atoms with Crippen LogP contribution in [0.2, 0.25) is 5.02 Å². The van der Waals surface area contributed by atoms with E-state index in [4.69, 9.17) is 17.3 Å². The fraction of sp³-hybridized carbons (Fsp3) is 0.533. The van der Waals surface area contributed by atoms with Crippen molar-refractivity contribution in [3.8, 4) is 0 Å². The number of halogens is 1. The third kappa shape index (κ3) is 2.77. The number of hydrogen-bond donors (Lipinski definition) is 1. The van der Waals surface area contributed by atoms with Crippen molar-refractivity contribution in [3.05, 3.63) is 34.9 Å². The maximum Gasteiger partial charge on any atom is 0.226 e. The number of amides is 1. The maximum atomic E-state index is 12.4. The van der Waals surface area contributed by atoms with Crippen LogP contribution in [0.15, 0.2) is 24.3 Å². The standard InChI is InChI=1S/C15H19ClN2O/c16-11-4-1-3-10(7-11)13-8-14(13)15(19)18-6-2-5-12(17)9-18/h1,3-4,7,12-14H,2,5-6,8-9,17H2/t12-,13+,14-/m1/s1. The summed E-state index contributed by atoms with van der Waals surface area (Å²) in [6.45, 7) is 1.59. The Morgan fingerprint density at radius 3 is 3.00 bits per heavy atom. The molecule has 0 bridgehead atoms. The molecule has 4 heteroatoms. The number of nitrogens with zero attached hydrogens (tertiary/aromatic N) is 1. The molecule has 102 valence electrons. The molecular weight excluding hydrogens is 260 g/mol. The minimum atomic E-state index is 0.142. The third-order valence-electron chi connectivity index (χ3n) is 4.15. The van der Waals surface area contributed by atoms with Gasteiger partial charge >= 0.3 is 0 Å². The van der Waals surface area contributed by atoms with Gasteiger partial charge in [-0.05, 0) is 42.9 Å². The molecule has 0 aromatic heterocycles. The summed E-state index contributed by atoms with van der Waals surface area (Å²) in [7, 11) is 0. The van der Waals surface area contributed by atoms with Crippen LogP contribution in [0.25, 0.3) is 0 Å². The Hall–Kier alpha value is -1.06. The fourth-order valence-corrected chi connectivity index (χ4v) is 3.22. The number of nitrogens with two attached hydrogens (primary N) is 1. The van der Waals surface area contributed by atoms with E-state index in [9.17, 15) is 4.79 Å². The molecule has 1 aliphatic heterocycles. The largest absolute Gasteiger partial charge is 0.341 e. The number of carbonyl (C=O) groups excluding carboxylic acids is 1. The summed E-state index contributed by atoms with van der Waals surface area (Å²) >= 11 is 6.00. The molecule has 0 spiro atoms. The summed E-state index contributed by atoms with van der Waals surface area (Å²) in [6, 6.07) is 8.01. The van der Waals surface area contributed by atoms with Gasteiger partial charge in [-0.15, -0.1) is 0 Å². The molecular formula is C15H19ClN2O. The van der Waals surface area contributed by atoms with Gasteiger partial charge in [-0.2, -0.15) is 0 Å². The minimum absolute atomic E-state index is 0.142. The molecule has 1 aromatic rings. The van der Waals surface area contributed by atoms with Crippen LogP contribution in [0.3, 0.4) is 0 Å². The number of benzene rings is 1. The molecule has 2 N–H and O–H groups in total. The first-order chi connectivity index (χ1) is 9.15. The molecule has 2 aliphatic rings. The molecule has 2 fully saturated rings. The third-order valence-corrected chi connectivity index (χ3v) is 4.39. The molecule has 3 atom stereocenters. The first-order valence-corrected chi connectivity index (χ1v) is 7.33. The Labute approximate surface area is 118 Å². The van der Waals surface area contributed by atoms with Gasteiger partial charge in [-0.1, -0.05) is 23.7 Å². The van der Waals surface area contributed by atoms with E-state index in [0.717, 1.165) is 37.4 Å². The van der Waals surface area contributed by atoms with E-state index in [1.54, 1.807) is 0 Å². The Morgan fingerprint density at radius 2 is 2.26 bits per heavy atom. The number of rotatable bonds is 2. The van der Waals surface area contributed by atoms with Crippen molar-refractivity contribution in [3.63, 3.8) is 0 Å². The van der Waals surface area contributed by atoms with E-state index >= 15 is 0 Å². The lowest BCUT2D eigenvalue weighted by Crippen LogP contribution is -2.46. The molecule has 0 radical (unpaired) electrons. The highest BCUT2D eigenvalue weighted by Crippen LogP contribution is 2.49. The van der Waals surface area contributed by atoms with Gasteiger partial charge in [0.15, 0.2) is 0 Å². The predicted octanol–water partition coefficient (Wildman–Crippen LogP) is 2.39. The second kappa shape index (κ2) is 5.14. The van der Waals surface area contributed by atoms with E-state index in [0.29, 0.717) is 5.92 Å². The lowest BCUT2D eigenvalue weighted by Gasteiger charge is -2.31. The smallest absolute Gasteiger partial charge is 0.226 e. The highest BCUT2D eigenvalue weighted by Gasteiger charge is 2.46. The fourth-order valence-electron chi connectivity index (χ4n) is 3.02. The molecule has 1 amide bonds. The molecule has 3 rings (SSSR count). The van der Waals surface area contributed by atoms with Crippen LogP contribution in [-0.2, 0) is 4.79 Å². The van der Waals surface area contributed by atoms with Gasteiger partial charge in [-0.3, -0.25) is 4.79 Å². The minimum Gasteiger partial charge on any atom is -0.341 e. The summed E-state index contributed by atoms with van der Waals surface area (Å²) in [5.41, 5.74) is 7.12. The van der Waals surface area contributed by atoms with Gasteiger partial charge in [0, 0.05) is 30.1 Å². The van der Waals surface area contributed by atoms with Gasteiger partial charge in [0.25, 0.3) is 0 Å². The predicted molar refractivity (Wildman–Crippen MR) is 76.1 cm³/mol. The average Bonchev–Trinajstić information content (AvgIpc) is 3.18. The van der Waals surface area contributed by atoms with Gasteiger partial charge in [-0.25, -0.2) is 0 Å². The van der Waals surface area contributed by atoms with Crippen LogP contribution >= 0.6 is 11.6 Å². The lowest BCUT2D eigenvalue weighted by molar-refractivity contribution is -0.133. The van der Waals surface area contributed by atoms with Gasteiger partial charge < -0.3 is 10.6 Å². The van der Waals surface area contributed by atoms with Crippen LogP contribution in [-0.4, -0.2) is 29.9 Å². The van der Waals surface area contributed by atoms with Crippen molar-refractivity contribution >= 4 is 17.5 Å². The monoisotopic (exact) mass is 278 g/mol. The summed E-state index contributed by atoms with van der Waals surface area (Å²) < 4.78 is 0. The quantitative estimate of drug-likeness (QED) is 0.903. The normalized spacial score (nSPS) is 30.2. The van der Waals surface area contributed by atoms with Crippen molar-refractivity contribution in [2.75, 3.05) is 13.1 Å². The van der Waals surface area contributed by atoms with E-state index in [-0.39, 0.29) is 17.9 Å². The van der Waals surface area contributed by atoms with Crippen LogP contribution < -0.4 is 5.73 Å². The van der Waals surface area contributed by atoms with Crippen LogP contribution in [0.5, 0.6) is 0 Å². The van der Waals surface area contributed by atoms with E-state index < -0.39 is 0 Å². The number of hydrogen-bond acceptors (Lipinski definition) is 2. The van der Waals surface area contributed by atoms with Crippen molar-refractivity contribution in [2.24, 2.45) is 11.7 Å². The van der Waals surface area contributed by atoms with Gasteiger partial charge in [0.05, 0.1) is 0 Å². The molecule has 1 saturated heterocycles. The number of carbonyl (C=O) groups is 1. The molecule has 1 saturated carbocycles. The lowest BCUT2D eigenvalue weighted by atomic mass is 10.0. The van der Waals surface area contributed by atoms with Gasteiger partial charge in [0.1, 0.15) is 0 Å². The van der Waals surface area contributed by atoms with E-state index in [1.165, 1.54) is 5.56 Å². The first-order valence-electron chi connectivity index (χ1n) is 6.95. The van der Waals surface area contributed by atoms with Crippen molar-refractivity contribution < 1.29 is 4.79 Å². The van der Waals surface area contributed by atoms with Crippen LogP contribution in [0.1, 0.15) is 30.7 Å². The average molecular weight is 279 g/mol.